The standard InChI is InChI=1S/C23H27N5O4/c1-22(6-7-22)21(30)26-10-8-23(31,9-11-26)14-27-15-24-19-18(20(27)29)13-25-28(19)16-4-3-5-17(12-16)32-2/h3-5,12-13,15,31H,6-11,14H2,1-2H3. The Hall–Kier alpha value is -3.20. The first kappa shape index (κ1) is 20.7. The van der Waals surface area contributed by atoms with Crippen LogP contribution in [0.2, 0.25) is 0 Å². The third kappa shape index (κ3) is 3.56. The molecule has 0 bridgehead atoms. The highest BCUT2D eigenvalue weighted by atomic mass is 16.5. The lowest BCUT2D eigenvalue weighted by molar-refractivity contribution is -0.141. The second kappa shape index (κ2) is 7.44. The fourth-order valence-corrected chi connectivity index (χ4v) is 4.38. The van der Waals surface area contributed by atoms with Gasteiger partial charge in [-0.05, 0) is 37.8 Å². The Kier molecular flexibility index (Phi) is 4.81. The van der Waals surface area contributed by atoms with Crippen molar-refractivity contribution in [1.82, 2.24) is 24.2 Å². The maximum atomic E-state index is 13.1. The number of carbonyl (C=O) groups is 1. The highest BCUT2D eigenvalue weighted by molar-refractivity contribution is 5.85. The zero-order chi connectivity index (χ0) is 22.5. The maximum Gasteiger partial charge on any atom is 0.264 e. The van der Waals surface area contributed by atoms with Crippen molar-refractivity contribution < 1.29 is 14.6 Å². The molecule has 9 heteroatoms. The summed E-state index contributed by atoms with van der Waals surface area (Å²) in [6.45, 7) is 3.15. The zero-order valence-corrected chi connectivity index (χ0v) is 18.3. The fourth-order valence-electron chi connectivity index (χ4n) is 4.38. The number of aliphatic hydroxyl groups is 1. The third-order valence-corrected chi connectivity index (χ3v) is 6.81. The minimum absolute atomic E-state index is 0.137. The molecule has 0 spiro atoms. The molecular weight excluding hydrogens is 410 g/mol. The molecule has 9 nitrogen and oxygen atoms in total. The van der Waals surface area contributed by atoms with Gasteiger partial charge in [0.2, 0.25) is 5.91 Å². The van der Waals surface area contributed by atoms with Crippen molar-refractivity contribution in [2.45, 2.75) is 44.8 Å². The maximum absolute atomic E-state index is 13.1. The fraction of sp³-hybridized carbons (Fsp3) is 0.478. The van der Waals surface area contributed by atoms with Crippen molar-refractivity contribution in [3.63, 3.8) is 0 Å². The number of amides is 1. The molecule has 0 unspecified atom stereocenters. The van der Waals surface area contributed by atoms with Crippen LogP contribution in [0.1, 0.15) is 32.6 Å². The Morgan fingerprint density at radius 3 is 2.66 bits per heavy atom. The van der Waals surface area contributed by atoms with Crippen LogP contribution >= 0.6 is 0 Å². The van der Waals surface area contributed by atoms with Crippen LogP contribution in [0.15, 0.2) is 41.6 Å². The number of carbonyl (C=O) groups excluding carboxylic acids is 1. The van der Waals surface area contributed by atoms with E-state index in [2.05, 4.69) is 10.1 Å². The smallest absolute Gasteiger partial charge is 0.264 e. The van der Waals surface area contributed by atoms with E-state index in [1.165, 1.54) is 17.1 Å². The quantitative estimate of drug-likeness (QED) is 0.652. The van der Waals surface area contributed by atoms with E-state index in [9.17, 15) is 14.7 Å². The van der Waals surface area contributed by atoms with E-state index in [0.717, 1.165) is 18.5 Å². The molecule has 3 aromatic rings. The summed E-state index contributed by atoms with van der Waals surface area (Å²) in [4.78, 5) is 32.0. The molecule has 1 aromatic carbocycles. The van der Waals surface area contributed by atoms with Crippen LogP contribution in [0.3, 0.4) is 0 Å². The molecule has 32 heavy (non-hydrogen) atoms. The van der Waals surface area contributed by atoms with Crippen molar-refractivity contribution >= 4 is 16.9 Å². The van der Waals surface area contributed by atoms with Gasteiger partial charge in [-0.2, -0.15) is 5.10 Å². The van der Waals surface area contributed by atoms with E-state index in [1.54, 1.807) is 11.8 Å². The van der Waals surface area contributed by atoms with Crippen molar-refractivity contribution in [1.29, 1.82) is 0 Å². The van der Waals surface area contributed by atoms with E-state index in [0.29, 0.717) is 42.7 Å². The van der Waals surface area contributed by atoms with Crippen LogP contribution in [0.25, 0.3) is 16.7 Å². The van der Waals surface area contributed by atoms with Crippen LogP contribution < -0.4 is 10.3 Å². The molecule has 1 N–H and O–H groups in total. The SMILES string of the molecule is COc1cccc(-n2ncc3c(=O)n(CC4(O)CCN(C(=O)C5(C)CC5)CC4)cnc32)c1. The molecule has 2 fully saturated rings. The van der Waals surface area contributed by atoms with Gasteiger partial charge in [0.05, 0.1) is 31.1 Å². The Labute approximate surface area is 185 Å². The number of aromatic nitrogens is 4. The number of nitrogens with zero attached hydrogens (tertiary/aromatic N) is 5. The van der Waals surface area contributed by atoms with Gasteiger partial charge in [0.15, 0.2) is 5.65 Å². The number of ether oxygens (including phenoxy) is 1. The average molecular weight is 438 g/mol. The molecule has 0 atom stereocenters. The lowest BCUT2D eigenvalue weighted by Crippen LogP contribution is -2.51. The lowest BCUT2D eigenvalue weighted by atomic mass is 9.90. The summed E-state index contributed by atoms with van der Waals surface area (Å²) in [5.41, 5.74) is -0.316. The van der Waals surface area contributed by atoms with Crippen molar-refractivity contribution in [3.05, 3.63) is 47.1 Å². The predicted octanol–water partition coefficient (Wildman–Crippen LogP) is 1.74. The van der Waals surface area contributed by atoms with E-state index in [1.807, 2.05) is 36.1 Å². The van der Waals surface area contributed by atoms with Crippen molar-refractivity contribution in [2.24, 2.45) is 5.41 Å². The second-order valence-electron chi connectivity index (χ2n) is 9.25. The summed E-state index contributed by atoms with van der Waals surface area (Å²) < 4.78 is 8.31. The number of methoxy groups -OCH3 is 1. The lowest BCUT2D eigenvalue weighted by Gasteiger charge is -2.39. The third-order valence-electron chi connectivity index (χ3n) is 6.81. The van der Waals surface area contributed by atoms with Crippen LogP contribution in [-0.2, 0) is 11.3 Å². The molecule has 1 saturated heterocycles. The number of piperidine rings is 1. The molecule has 2 aromatic heterocycles. The summed E-state index contributed by atoms with van der Waals surface area (Å²) in [5, 5.41) is 15.8. The second-order valence-corrected chi connectivity index (χ2v) is 9.25. The Balaban J connectivity index is 1.36. The Morgan fingerprint density at radius 1 is 1.22 bits per heavy atom. The summed E-state index contributed by atoms with van der Waals surface area (Å²) in [7, 11) is 1.59. The molecule has 0 radical (unpaired) electrons. The number of rotatable bonds is 5. The van der Waals surface area contributed by atoms with Crippen molar-refractivity contribution in [3.8, 4) is 11.4 Å². The largest absolute Gasteiger partial charge is 0.497 e. The minimum atomic E-state index is -1.05. The van der Waals surface area contributed by atoms with Gasteiger partial charge in [0.25, 0.3) is 5.56 Å². The highest BCUT2D eigenvalue weighted by Crippen LogP contribution is 2.47. The van der Waals surface area contributed by atoms with Gasteiger partial charge in [-0.3, -0.25) is 14.2 Å². The number of likely N-dealkylation sites (tertiary alicyclic amines) is 1. The van der Waals surface area contributed by atoms with Gasteiger partial charge in [0, 0.05) is 24.6 Å². The first-order valence-corrected chi connectivity index (χ1v) is 10.9. The van der Waals surface area contributed by atoms with Gasteiger partial charge in [-0.1, -0.05) is 13.0 Å². The highest BCUT2D eigenvalue weighted by Gasteiger charge is 2.48. The average Bonchev–Trinajstić information content (AvgIpc) is 3.40. The normalized spacial score (nSPS) is 19.2. The Morgan fingerprint density at radius 2 is 1.97 bits per heavy atom. The van der Waals surface area contributed by atoms with Gasteiger partial charge in [0.1, 0.15) is 17.5 Å². The van der Waals surface area contributed by atoms with Crippen LogP contribution in [0.4, 0.5) is 0 Å². The number of fused-ring (bicyclic) bond motifs is 1. The van der Waals surface area contributed by atoms with Crippen LogP contribution in [0, 0.1) is 5.41 Å². The first-order chi connectivity index (χ1) is 15.3. The van der Waals surface area contributed by atoms with Crippen molar-refractivity contribution in [2.75, 3.05) is 20.2 Å². The van der Waals surface area contributed by atoms with E-state index in [4.69, 9.17) is 4.74 Å². The van der Waals surface area contributed by atoms with E-state index in [-0.39, 0.29) is 23.4 Å². The molecule has 2 aliphatic rings. The summed E-state index contributed by atoms with van der Waals surface area (Å²) in [5.74, 6) is 0.868. The molecule has 1 saturated carbocycles. The Bertz CT molecular complexity index is 1230. The van der Waals surface area contributed by atoms with Gasteiger partial charge >= 0.3 is 0 Å². The monoisotopic (exact) mass is 437 g/mol. The van der Waals surface area contributed by atoms with Gasteiger partial charge < -0.3 is 14.7 Å². The molecule has 5 rings (SSSR count). The topological polar surface area (TPSA) is 102 Å². The summed E-state index contributed by atoms with van der Waals surface area (Å²) in [6.07, 6.45) is 5.71. The van der Waals surface area contributed by atoms with E-state index >= 15 is 0 Å². The van der Waals surface area contributed by atoms with E-state index < -0.39 is 5.60 Å². The zero-order valence-electron chi connectivity index (χ0n) is 18.3. The molecule has 1 aliphatic carbocycles. The first-order valence-electron chi connectivity index (χ1n) is 10.9. The van der Waals surface area contributed by atoms with Crippen LogP contribution in [-0.4, -0.2) is 61.0 Å². The molecule has 1 aliphatic heterocycles. The number of hydrogen-bond acceptors (Lipinski definition) is 6. The number of hydrogen-bond donors (Lipinski definition) is 1. The van der Waals surface area contributed by atoms with Crippen LogP contribution in [0.5, 0.6) is 5.75 Å². The predicted molar refractivity (Wildman–Crippen MR) is 118 cm³/mol. The minimum Gasteiger partial charge on any atom is -0.497 e. The molecule has 168 valence electrons. The van der Waals surface area contributed by atoms with Gasteiger partial charge in [-0.25, -0.2) is 9.67 Å². The molecule has 1 amide bonds. The molecular formula is C23H27N5O4. The molecule has 3 heterocycles. The summed E-state index contributed by atoms with van der Waals surface area (Å²) >= 11 is 0. The number of benzene rings is 1. The summed E-state index contributed by atoms with van der Waals surface area (Å²) in [6, 6.07) is 7.36. The van der Waals surface area contributed by atoms with Gasteiger partial charge in [-0.15, -0.1) is 0 Å².